The molecule has 4 aliphatic rings. The highest BCUT2D eigenvalue weighted by molar-refractivity contribution is 6.01. The van der Waals surface area contributed by atoms with Crippen LogP contribution in [0.3, 0.4) is 0 Å². The normalized spacial score (nSPS) is 23.3. The molecule has 2 aromatic heterocycles. The van der Waals surface area contributed by atoms with Gasteiger partial charge in [0.15, 0.2) is 5.82 Å². The van der Waals surface area contributed by atoms with E-state index in [4.69, 9.17) is 19.7 Å². The van der Waals surface area contributed by atoms with Crippen LogP contribution < -0.4 is 15.0 Å². The van der Waals surface area contributed by atoms with Crippen LogP contribution in [0.4, 0.5) is 14.6 Å². The van der Waals surface area contributed by atoms with E-state index in [0.717, 1.165) is 63.1 Å². The Balaban J connectivity index is 1.34. The summed E-state index contributed by atoms with van der Waals surface area (Å²) in [6.07, 6.45) is 5.41. The van der Waals surface area contributed by atoms with Crippen LogP contribution in [0, 0.1) is 18.6 Å². The molecule has 4 aromatic rings. The molecular weight excluding hydrogens is 534 g/mol. The van der Waals surface area contributed by atoms with Gasteiger partial charge in [-0.3, -0.25) is 4.90 Å². The summed E-state index contributed by atoms with van der Waals surface area (Å²) in [5, 5.41) is 5.71. The van der Waals surface area contributed by atoms with E-state index in [1.807, 2.05) is 18.2 Å². The smallest absolute Gasteiger partial charge is 0.319 e. The molecule has 3 saturated heterocycles. The molecule has 0 saturated carbocycles. The fourth-order valence-corrected chi connectivity index (χ4v) is 8.13. The minimum atomic E-state index is -0.513. The van der Waals surface area contributed by atoms with Crippen LogP contribution in [-0.4, -0.2) is 70.8 Å². The van der Waals surface area contributed by atoms with E-state index in [2.05, 4.69) is 22.0 Å². The lowest BCUT2D eigenvalue weighted by Crippen LogP contribution is -2.51. The van der Waals surface area contributed by atoms with Crippen LogP contribution in [0.1, 0.15) is 56.2 Å². The lowest BCUT2D eigenvalue weighted by Gasteiger charge is -2.37. The van der Waals surface area contributed by atoms with Gasteiger partial charge >= 0.3 is 6.01 Å². The number of hydrogen-bond acceptors (Lipinski definition) is 7. The topological polar surface area (TPSA) is 66.4 Å². The number of fused-ring (bicyclic) bond motifs is 4. The SMILES string of the molecule is Cc1c(F)ccc2cccc(-c3nc4c5c(nc(OCC67CCCN6CCC7)nc5c3F)N3CCNC[C@H]3C[C@@H]4C)c12. The summed E-state index contributed by atoms with van der Waals surface area (Å²) in [4.78, 5) is 19.6. The number of piperazine rings is 1. The van der Waals surface area contributed by atoms with Gasteiger partial charge in [-0.1, -0.05) is 31.2 Å². The Bertz CT molecular complexity index is 1720. The number of halogens is 2. The van der Waals surface area contributed by atoms with Gasteiger partial charge in [-0.05, 0) is 74.5 Å². The molecule has 0 radical (unpaired) electrons. The zero-order chi connectivity index (χ0) is 28.6. The quantitative estimate of drug-likeness (QED) is 0.337. The summed E-state index contributed by atoms with van der Waals surface area (Å²) < 4.78 is 38.1. The number of nitrogens with zero attached hydrogens (tertiary/aromatic N) is 5. The van der Waals surface area contributed by atoms with Gasteiger partial charge < -0.3 is 15.0 Å². The van der Waals surface area contributed by atoms with Gasteiger partial charge in [0.05, 0.1) is 16.6 Å². The number of anilines is 1. The largest absolute Gasteiger partial charge is 0.461 e. The fraction of sp³-hybridized carbons (Fsp3) is 0.485. The Labute approximate surface area is 244 Å². The first kappa shape index (κ1) is 26.2. The second-order valence-corrected chi connectivity index (χ2v) is 12.7. The third-order valence-corrected chi connectivity index (χ3v) is 10.3. The number of aromatic nitrogens is 3. The molecule has 42 heavy (non-hydrogen) atoms. The lowest BCUT2D eigenvalue weighted by atomic mass is 9.94. The third-order valence-electron chi connectivity index (χ3n) is 10.3. The van der Waals surface area contributed by atoms with Crippen molar-refractivity contribution in [3.8, 4) is 17.3 Å². The molecule has 2 atom stereocenters. The van der Waals surface area contributed by atoms with Gasteiger partial charge in [0.2, 0.25) is 0 Å². The zero-order valence-electron chi connectivity index (χ0n) is 24.2. The summed E-state index contributed by atoms with van der Waals surface area (Å²) in [7, 11) is 0. The Kier molecular flexibility index (Phi) is 6.12. The number of hydrogen-bond donors (Lipinski definition) is 1. The van der Waals surface area contributed by atoms with Crippen molar-refractivity contribution in [2.75, 3.05) is 44.2 Å². The average molecular weight is 571 g/mol. The number of nitrogens with one attached hydrogen (secondary N) is 1. The van der Waals surface area contributed by atoms with Crippen molar-refractivity contribution < 1.29 is 13.5 Å². The zero-order valence-corrected chi connectivity index (χ0v) is 24.2. The molecule has 0 amide bonds. The minimum absolute atomic E-state index is 0.0240. The van der Waals surface area contributed by atoms with E-state index in [9.17, 15) is 4.39 Å². The first-order valence-electron chi connectivity index (χ1n) is 15.4. The van der Waals surface area contributed by atoms with Crippen molar-refractivity contribution in [2.45, 2.75) is 63.5 Å². The predicted octanol–water partition coefficient (Wildman–Crippen LogP) is 5.72. The summed E-state index contributed by atoms with van der Waals surface area (Å²) >= 11 is 0. The van der Waals surface area contributed by atoms with Crippen LogP contribution in [-0.2, 0) is 0 Å². The van der Waals surface area contributed by atoms with E-state index in [0.29, 0.717) is 34.3 Å². The number of rotatable bonds is 4. The molecule has 218 valence electrons. The molecule has 0 bridgehead atoms. The van der Waals surface area contributed by atoms with Crippen LogP contribution >= 0.6 is 0 Å². The molecule has 2 aromatic carbocycles. The number of benzene rings is 2. The Morgan fingerprint density at radius 1 is 1.02 bits per heavy atom. The summed E-state index contributed by atoms with van der Waals surface area (Å²) in [6, 6.07) is 9.26. The second kappa shape index (κ2) is 9.81. The minimum Gasteiger partial charge on any atom is -0.461 e. The van der Waals surface area contributed by atoms with Crippen molar-refractivity contribution in [3.05, 3.63) is 53.2 Å². The standard InChI is InChI=1S/C33H36F2N6O/c1-19-16-22-17-36-12-15-41(22)31-26-28(19)37-29(23-7-3-6-21-8-9-24(34)20(2)25(21)23)27(35)30(26)38-32(39-31)42-18-33-10-4-13-40(33)14-5-11-33/h3,6-9,19,22,36H,4-5,10-18H2,1-2H3/t19-,22+/m0/s1. The average Bonchev–Trinajstić information content (AvgIpc) is 3.56. The van der Waals surface area contributed by atoms with Gasteiger partial charge in [0, 0.05) is 37.2 Å². The Morgan fingerprint density at radius 3 is 2.69 bits per heavy atom. The highest BCUT2D eigenvalue weighted by atomic mass is 19.1. The molecule has 4 aliphatic heterocycles. The molecule has 0 aliphatic carbocycles. The molecule has 1 N–H and O–H groups in total. The maximum Gasteiger partial charge on any atom is 0.319 e. The molecule has 7 nitrogen and oxygen atoms in total. The van der Waals surface area contributed by atoms with Crippen molar-refractivity contribution in [2.24, 2.45) is 0 Å². The number of pyridine rings is 1. The third kappa shape index (κ3) is 3.93. The second-order valence-electron chi connectivity index (χ2n) is 12.7. The van der Waals surface area contributed by atoms with E-state index in [1.165, 1.54) is 18.9 Å². The van der Waals surface area contributed by atoms with Crippen molar-refractivity contribution in [3.63, 3.8) is 0 Å². The molecule has 8 rings (SSSR count). The molecule has 0 spiro atoms. The van der Waals surface area contributed by atoms with Crippen molar-refractivity contribution >= 4 is 27.5 Å². The molecule has 0 unspecified atom stereocenters. The maximum absolute atomic E-state index is 16.9. The van der Waals surface area contributed by atoms with E-state index >= 15 is 4.39 Å². The first-order valence-corrected chi connectivity index (χ1v) is 15.4. The lowest BCUT2D eigenvalue weighted by molar-refractivity contribution is 0.108. The van der Waals surface area contributed by atoms with Crippen molar-refractivity contribution in [1.82, 2.24) is 25.2 Å². The van der Waals surface area contributed by atoms with Crippen LogP contribution in [0.25, 0.3) is 32.9 Å². The molecule has 6 heterocycles. The monoisotopic (exact) mass is 570 g/mol. The fourth-order valence-electron chi connectivity index (χ4n) is 8.13. The van der Waals surface area contributed by atoms with E-state index in [-0.39, 0.29) is 40.5 Å². The Morgan fingerprint density at radius 2 is 1.86 bits per heavy atom. The van der Waals surface area contributed by atoms with Gasteiger partial charge in [-0.15, -0.1) is 0 Å². The first-order chi connectivity index (χ1) is 20.4. The van der Waals surface area contributed by atoms with Gasteiger partial charge in [-0.25, -0.2) is 13.8 Å². The predicted molar refractivity (Wildman–Crippen MR) is 160 cm³/mol. The van der Waals surface area contributed by atoms with Gasteiger partial charge in [-0.2, -0.15) is 9.97 Å². The van der Waals surface area contributed by atoms with Gasteiger partial charge in [0.1, 0.15) is 29.5 Å². The van der Waals surface area contributed by atoms with Crippen LogP contribution in [0.2, 0.25) is 0 Å². The highest BCUT2D eigenvalue weighted by Gasteiger charge is 2.45. The molecule has 9 heteroatoms. The van der Waals surface area contributed by atoms with E-state index < -0.39 is 5.82 Å². The van der Waals surface area contributed by atoms with Crippen LogP contribution in [0.15, 0.2) is 30.3 Å². The van der Waals surface area contributed by atoms with Crippen LogP contribution in [0.5, 0.6) is 6.01 Å². The van der Waals surface area contributed by atoms with Gasteiger partial charge in [0.25, 0.3) is 0 Å². The number of aryl methyl sites for hydroxylation is 1. The van der Waals surface area contributed by atoms with Crippen molar-refractivity contribution in [1.29, 1.82) is 0 Å². The maximum atomic E-state index is 16.9. The Hall–Kier alpha value is -3.43. The van der Waals surface area contributed by atoms with E-state index in [1.54, 1.807) is 13.0 Å². The summed E-state index contributed by atoms with van der Waals surface area (Å²) in [5.74, 6) is -0.0699. The number of ether oxygens (including phenoxy) is 1. The summed E-state index contributed by atoms with van der Waals surface area (Å²) in [5.41, 5.74) is 2.31. The summed E-state index contributed by atoms with van der Waals surface area (Å²) in [6.45, 7) is 9.03. The molecular formula is C33H36F2N6O. The highest BCUT2D eigenvalue weighted by Crippen LogP contribution is 2.44. The molecule has 3 fully saturated rings.